The molecule has 3 N–H and O–H groups in total. The lowest BCUT2D eigenvalue weighted by atomic mass is 10.3. The summed E-state index contributed by atoms with van der Waals surface area (Å²) in [6.07, 6.45) is 1.89. The molecule has 1 aliphatic heterocycles. The largest absolute Gasteiger partial charge is 0.378 e. The van der Waals surface area contributed by atoms with Crippen LogP contribution in [0.15, 0.2) is 18.0 Å². The second-order valence-corrected chi connectivity index (χ2v) is 5.81. The normalized spacial score (nSPS) is 14.3. The van der Waals surface area contributed by atoms with E-state index in [-0.39, 0.29) is 12.3 Å². The van der Waals surface area contributed by atoms with Gasteiger partial charge in [-0.05, 0) is 12.2 Å². The van der Waals surface area contributed by atoms with Gasteiger partial charge in [0.15, 0.2) is 10.2 Å². The fraction of sp³-hybridized carbons (Fsp3) is 0.462. The summed E-state index contributed by atoms with van der Waals surface area (Å²) in [6.45, 7) is 7.21. The van der Waals surface area contributed by atoms with Gasteiger partial charge in [-0.15, -0.1) is 17.9 Å². The van der Waals surface area contributed by atoms with Crippen LogP contribution in [0.5, 0.6) is 0 Å². The number of nitrogens with zero attached hydrogens (tertiary/aromatic N) is 2. The Morgan fingerprint density at radius 1 is 1.50 bits per heavy atom. The molecule has 0 unspecified atom stereocenters. The first-order valence-corrected chi connectivity index (χ1v) is 8.18. The van der Waals surface area contributed by atoms with Crippen molar-refractivity contribution in [3.8, 4) is 0 Å². The molecule has 0 aromatic carbocycles. The summed E-state index contributed by atoms with van der Waals surface area (Å²) in [5.41, 5.74) is 5.91. The standard InChI is InChI=1S/C13H19N5O2S2/c1-2-3-14-12(21)17-16-11(19)8-10-9-22-13(15-10)18-4-6-20-7-5-18/h2,9H,1,3-8H2,(H,16,19)(H2,14,17,21). The van der Waals surface area contributed by atoms with Crippen molar-refractivity contribution in [3.63, 3.8) is 0 Å². The monoisotopic (exact) mass is 341 g/mol. The van der Waals surface area contributed by atoms with Gasteiger partial charge in [0, 0.05) is 25.0 Å². The zero-order valence-electron chi connectivity index (χ0n) is 12.1. The Balaban J connectivity index is 1.75. The molecule has 0 aliphatic carbocycles. The van der Waals surface area contributed by atoms with Crippen LogP contribution in [-0.2, 0) is 16.0 Å². The van der Waals surface area contributed by atoms with Crippen LogP contribution in [-0.4, -0.2) is 48.9 Å². The summed E-state index contributed by atoms with van der Waals surface area (Å²) in [5, 5.41) is 6.04. The minimum Gasteiger partial charge on any atom is -0.378 e. The topological polar surface area (TPSA) is 78.5 Å². The van der Waals surface area contributed by atoms with Crippen molar-refractivity contribution in [1.82, 2.24) is 21.2 Å². The molecule has 120 valence electrons. The molecule has 0 bridgehead atoms. The summed E-state index contributed by atoms with van der Waals surface area (Å²) < 4.78 is 5.31. The number of carbonyl (C=O) groups excluding carboxylic acids is 1. The first-order chi connectivity index (χ1) is 10.7. The highest BCUT2D eigenvalue weighted by Crippen LogP contribution is 2.21. The van der Waals surface area contributed by atoms with E-state index in [0.717, 1.165) is 23.9 Å². The third-order valence-corrected chi connectivity index (χ3v) is 4.08. The Hall–Kier alpha value is -1.71. The van der Waals surface area contributed by atoms with Crippen molar-refractivity contribution in [3.05, 3.63) is 23.7 Å². The molecule has 0 saturated carbocycles. The summed E-state index contributed by atoms with van der Waals surface area (Å²) >= 11 is 6.52. The Morgan fingerprint density at radius 2 is 2.27 bits per heavy atom. The molecule has 1 fully saturated rings. The zero-order valence-corrected chi connectivity index (χ0v) is 13.8. The van der Waals surface area contributed by atoms with E-state index in [2.05, 4.69) is 32.6 Å². The van der Waals surface area contributed by atoms with E-state index in [4.69, 9.17) is 17.0 Å². The number of hydrogen-bond donors (Lipinski definition) is 3. The molecule has 9 heteroatoms. The van der Waals surface area contributed by atoms with E-state index in [1.165, 1.54) is 0 Å². The zero-order chi connectivity index (χ0) is 15.8. The minimum atomic E-state index is -0.193. The van der Waals surface area contributed by atoms with Crippen LogP contribution in [0.1, 0.15) is 5.69 Å². The van der Waals surface area contributed by atoms with Gasteiger partial charge in [-0.2, -0.15) is 0 Å². The molecular weight excluding hydrogens is 322 g/mol. The van der Waals surface area contributed by atoms with Gasteiger partial charge in [-0.3, -0.25) is 15.6 Å². The van der Waals surface area contributed by atoms with Crippen LogP contribution in [0.4, 0.5) is 5.13 Å². The highest BCUT2D eigenvalue weighted by molar-refractivity contribution is 7.80. The van der Waals surface area contributed by atoms with E-state index in [0.29, 0.717) is 24.9 Å². The fourth-order valence-electron chi connectivity index (χ4n) is 1.82. The predicted octanol–water partition coefficient (Wildman–Crippen LogP) is 0.204. The third-order valence-electron chi connectivity index (χ3n) is 2.89. The smallest absolute Gasteiger partial charge is 0.244 e. The lowest BCUT2D eigenvalue weighted by Gasteiger charge is -2.26. The fourth-order valence-corrected chi connectivity index (χ4v) is 2.84. The first kappa shape index (κ1) is 16.7. The molecule has 1 amide bonds. The van der Waals surface area contributed by atoms with E-state index in [1.54, 1.807) is 17.4 Å². The molecule has 1 aromatic rings. The number of carbonyl (C=O) groups is 1. The number of ether oxygens (including phenoxy) is 1. The number of rotatable bonds is 5. The van der Waals surface area contributed by atoms with Crippen molar-refractivity contribution in [2.45, 2.75) is 6.42 Å². The molecule has 2 heterocycles. The second-order valence-electron chi connectivity index (χ2n) is 4.57. The van der Waals surface area contributed by atoms with Crippen molar-refractivity contribution >= 4 is 39.7 Å². The van der Waals surface area contributed by atoms with Crippen LogP contribution in [0.3, 0.4) is 0 Å². The van der Waals surface area contributed by atoms with Crippen molar-refractivity contribution in [2.24, 2.45) is 0 Å². The molecule has 0 atom stereocenters. The molecule has 1 saturated heterocycles. The van der Waals surface area contributed by atoms with Gasteiger partial charge in [-0.25, -0.2) is 4.98 Å². The highest BCUT2D eigenvalue weighted by Gasteiger charge is 2.15. The Morgan fingerprint density at radius 3 is 3.00 bits per heavy atom. The molecule has 2 rings (SSSR count). The van der Waals surface area contributed by atoms with Crippen LogP contribution >= 0.6 is 23.6 Å². The lowest BCUT2D eigenvalue weighted by Crippen LogP contribution is -2.47. The number of thiocarbonyl (C=S) groups is 1. The number of morpholine rings is 1. The Labute approximate surface area is 138 Å². The average Bonchev–Trinajstić information content (AvgIpc) is 3.00. The summed E-state index contributed by atoms with van der Waals surface area (Å²) in [5.74, 6) is -0.193. The molecule has 7 nitrogen and oxygen atoms in total. The van der Waals surface area contributed by atoms with Gasteiger partial charge in [0.1, 0.15) is 0 Å². The number of amides is 1. The first-order valence-electron chi connectivity index (χ1n) is 6.89. The molecule has 1 aliphatic rings. The number of nitrogens with one attached hydrogen (secondary N) is 3. The maximum atomic E-state index is 11.8. The van der Waals surface area contributed by atoms with Gasteiger partial charge >= 0.3 is 0 Å². The quantitative estimate of drug-likeness (QED) is 0.401. The van der Waals surface area contributed by atoms with Crippen LogP contribution in [0, 0.1) is 0 Å². The lowest BCUT2D eigenvalue weighted by molar-refractivity contribution is -0.121. The van der Waals surface area contributed by atoms with Gasteiger partial charge in [0.05, 0.1) is 25.3 Å². The second kappa shape index (κ2) is 8.66. The van der Waals surface area contributed by atoms with Gasteiger partial charge in [-0.1, -0.05) is 6.08 Å². The maximum absolute atomic E-state index is 11.8. The molecule has 0 radical (unpaired) electrons. The van der Waals surface area contributed by atoms with Gasteiger partial charge in [0.2, 0.25) is 5.91 Å². The average molecular weight is 341 g/mol. The van der Waals surface area contributed by atoms with Crippen molar-refractivity contribution in [2.75, 3.05) is 37.7 Å². The number of anilines is 1. The SMILES string of the molecule is C=CCNC(=S)NNC(=O)Cc1csc(N2CCOCC2)n1. The molecular formula is C13H19N5O2S2. The van der Waals surface area contributed by atoms with Crippen molar-refractivity contribution in [1.29, 1.82) is 0 Å². The summed E-state index contributed by atoms with van der Waals surface area (Å²) in [6, 6.07) is 0. The number of hydrogen-bond acceptors (Lipinski definition) is 6. The van der Waals surface area contributed by atoms with Gasteiger partial charge in [0.25, 0.3) is 0 Å². The number of aromatic nitrogens is 1. The van der Waals surface area contributed by atoms with E-state index in [9.17, 15) is 4.79 Å². The number of thiazole rings is 1. The molecule has 0 spiro atoms. The summed E-state index contributed by atoms with van der Waals surface area (Å²) in [4.78, 5) is 18.5. The van der Waals surface area contributed by atoms with Crippen LogP contribution < -0.4 is 21.1 Å². The summed E-state index contributed by atoms with van der Waals surface area (Å²) in [7, 11) is 0. The molecule has 22 heavy (non-hydrogen) atoms. The highest BCUT2D eigenvalue weighted by atomic mass is 32.1. The van der Waals surface area contributed by atoms with Gasteiger partial charge < -0.3 is 15.0 Å². The maximum Gasteiger partial charge on any atom is 0.244 e. The van der Waals surface area contributed by atoms with Crippen LogP contribution in [0.2, 0.25) is 0 Å². The van der Waals surface area contributed by atoms with E-state index < -0.39 is 0 Å². The van der Waals surface area contributed by atoms with E-state index in [1.807, 2.05) is 5.38 Å². The number of hydrazine groups is 1. The minimum absolute atomic E-state index is 0.193. The predicted molar refractivity (Wildman–Crippen MR) is 90.9 cm³/mol. The van der Waals surface area contributed by atoms with Crippen molar-refractivity contribution < 1.29 is 9.53 Å². The van der Waals surface area contributed by atoms with E-state index >= 15 is 0 Å². The van der Waals surface area contributed by atoms with Crippen LogP contribution in [0.25, 0.3) is 0 Å². The Kier molecular flexibility index (Phi) is 6.56. The molecule has 1 aromatic heterocycles. The Bertz CT molecular complexity index is 528. The third kappa shape index (κ3) is 5.24.